The van der Waals surface area contributed by atoms with E-state index in [-0.39, 0.29) is 0 Å². The van der Waals surface area contributed by atoms with Crippen molar-refractivity contribution in [1.29, 1.82) is 0 Å². The van der Waals surface area contributed by atoms with Gasteiger partial charge in [-0.25, -0.2) is 0 Å². The van der Waals surface area contributed by atoms with Crippen molar-refractivity contribution >= 4 is 0 Å². The highest BCUT2D eigenvalue weighted by Crippen LogP contribution is 2.02. The van der Waals surface area contributed by atoms with Crippen molar-refractivity contribution in [3.63, 3.8) is 0 Å². The Morgan fingerprint density at radius 2 is 1.69 bits per heavy atom. The Kier molecular flexibility index (Phi) is 6.32. The lowest BCUT2D eigenvalue weighted by molar-refractivity contribution is 0.142. The standard InChI is InChI=1S/C13H29N3/c1-5-6-12(2)14-13(3)11-16-9-7-15(4)8-10-16/h12-14H,5-11H2,1-4H3. The molecule has 2 atom stereocenters. The minimum Gasteiger partial charge on any atom is -0.311 e. The molecule has 0 radical (unpaired) electrons. The van der Waals surface area contributed by atoms with Crippen LogP contribution in [0.25, 0.3) is 0 Å². The van der Waals surface area contributed by atoms with Crippen LogP contribution in [0.2, 0.25) is 0 Å². The van der Waals surface area contributed by atoms with Gasteiger partial charge in [-0.2, -0.15) is 0 Å². The molecule has 2 unspecified atom stereocenters. The van der Waals surface area contributed by atoms with E-state index in [0.717, 1.165) is 0 Å². The summed E-state index contributed by atoms with van der Waals surface area (Å²) in [4.78, 5) is 4.99. The smallest absolute Gasteiger partial charge is 0.0169 e. The Morgan fingerprint density at radius 1 is 1.06 bits per heavy atom. The number of hydrogen-bond donors (Lipinski definition) is 1. The molecule has 0 aromatic heterocycles. The Hall–Kier alpha value is -0.120. The lowest BCUT2D eigenvalue weighted by Gasteiger charge is -2.34. The molecule has 0 spiro atoms. The van der Waals surface area contributed by atoms with E-state index in [1.165, 1.54) is 45.6 Å². The first-order valence-corrected chi connectivity index (χ1v) is 6.78. The fourth-order valence-corrected chi connectivity index (χ4v) is 2.47. The van der Waals surface area contributed by atoms with Crippen molar-refractivity contribution in [2.45, 2.75) is 45.7 Å². The highest BCUT2D eigenvalue weighted by molar-refractivity contribution is 4.75. The summed E-state index contributed by atoms with van der Waals surface area (Å²) in [5.41, 5.74) is 0. The quantitative estimate of drug-likeness (QED) is 0.740. The number of rotatable bonds is 6. The molecule has 3 nitrogen and oxygen atoms in total. The number of likely N-dealkylation sites (N-methyl/N-ethyl adjacent to an activating group) is 1. The highest BCUT2D eigenvalue weighted by Gasteiger charge is 2.16. The summed E-state index contributed by atoms with van der Waals surface area (Å²) in [6, 6.07) is 1.28. The Balaban J connectivity index is 2.15. The predicted octanol–water partition coefficient (Wildman–Crippen LogP) is 1.40. The van der Waals surface area contributed by atoms with Crippen molar-refractivity contribution in [3.8, 4) is 0 Å². The van der Waals surface area contributed by atoms with Crippen molar-refractivity contribution in [2.75, 3.05) is 39.8 Å². The normalized spacial score (nSPS) is 23.2. The van der Waals surface area contributed by atoms with Gasteiger partial charge in [-0.15, -0.1) is 0 Å². The summed E-state index contributed by atoms with van der Waals surface area (Å²) in [6.07, 6.45) is 2.56. The average Bonchev–Trinajstić information content (AvgIpc) is 2.21. The molecule has 1 aliphatic heterocycles. The highest BCUT2D eigenvalue weighted by atomic mass is 15.3. The fourth-order valence-electron chi connectivity index (χ4n) is 2.47. The zero-order valence-electron chi connectivity index (χ0n) is 11.5. The SMILES string of the molecule is CCCC(C)NC(C)CN1CCN(C)CC1. The molecule has 1 aliphatic rings. The molecule has 1 saturated heterocycles. The van der Waals surface area contributed by atoms with Gasteiger partial charge in [0.05, 0.1) is 0 Å². The van der Waals surface area contributed by atoms with Gasteiger partial charge in [0.1, 0.15) is 0 Å². The van der Waals surface area contributed by atoms with Crippen molar-refractivity contribution in [3.05, 3.63) is 0 Å². The molecule has 3 heteroatoms. The molecule has 96 valence electrons. The van der Waals surface area contributed by atoms with Crippen LogP contribution in [-0.4, -0.2) is 61.7 Å². The summed E-state index contributed by atoms with van der Waals surface area (Å²) < 4.78 is 0. The zero-order chi connectivity index (χ0) is 12.0. The predicted molar refractivity (Wildman–Crippen MR) is 70.9 cm³/mol. The number of hydrogen-bond acceptors (Lipinski definition) is 3. The van der Waals surface area contributed by atoms with E-state index in [1.54, 1.807) is 0 Å². The molecule has 0 aromatic rings. The summed E-state index contributed by atoms with van der Waals surface area (Å²) in [5.74, 6) is 0. The van der Waals surface area contributed by atoms with Gasteiger partial charge in [-0.1, -0.05) is 13.3 Å². The number of piperazine rings is 1. The first-order chi connectivity index (χ1) is 7.61. The third kappa shape index (κ3) is 5.28. The van der Waals surface area contributed by atoms with Crippen LogP contribution < -0.4 is 5.32 Å². The van der Waals surface area contributed by atoms with Gasteiger partial charge in [0.15, 0.2) is 0 Å². The van der Waals surface area contributed by atoms with Crippen LogP contribution in [0.5, 0.6) is 0 Å². The topological polar surface area (TPSA) is 18.5 Å². The molecule has 1 heterocycles. The first kappa shape index (κ1) is 13.9. The second kappa shape index (κ2) is 7.25. The van der Waals surface area contributed by atoms with Crippen molar-refractivity contribution in [1.82, 2.24) is 15.1 Å². The van der Waals surface area contributed by atoms with Gasteiger partial charge < -0.3 is 10.2 Å². The molecule has 0 aromatic carbocycles. The second-order valence-corrected chi connectivity index (χ2v) is 5.36. The molecule has 16 heavy (non-hydrogen) atoms. The van der Waals surface area contributed by atoms with Gasteiger partial charge in [-0.05, 0) is 27.3 Å². The molecule has 1 rings (SSSR count). The minimum atomic E-state index is 0.616. The third-order valence-electron chi connectivity index (χ3n) is 3.42. The maximum absolute atomic E-state index is 3.68. The van der Waals surface area contributed by atoms with E-state index in [2.05, 4.69) is 42.9 Å². The molecule has 1 N–H and O–H groups in total. The Bertz CT molecular complexity index is 176. The molecular weight excluding hydrogens is 198 g/mol. The zero-order valence-corrected chi connectivity index (χ0v) is 11.5. The van der Waals surface area contributed by atoms with E-state index in [9.17, 15) is 0 Å². The summed E-state index contributed by atoms with van der Waals surface area (Å²) in [6.45, 7) is 12.9. The maximum Gasteiger partial charge on any atom is 0.0169 e. The van der Waals surface area contributed by atoms with Crippen LogP contribution >= 0.6 is 0 Å². The molecule has 0 aliphatic carbocycles. The van der Waals surface area contributed by atoms with Gasteiger partial charge in [0, 0.05) is 44.8 Å². The summed E-state index contributed by atoms with van der Waals surface area (Å²) in [5, 5.41) is 3.68. The maximum atomic E-state index is 3.68. The Labute approximate surface area is 101 Å². The van der Waals surface area contributed by atoms with Crippen LogP contribution in [0, 0.1) is 0 Å². The first-order valence-electron chi connectivity index (χ1n) is 6.78. The average molecular weight is 227 g/mol. The van der Waals surface area contributed by atoms with E-state index >= 15 is 0 Å². The van der Waals surface area contributed by atoms with E-state index in [0.29, 0.717) is 12.1 Å². The van der Waals surface area contributed by atoms with E-state index in [1.807, 2.05) is 0 Å². The van der Waals surface area contributed by atoms with Crippen LogP contribution in [0.1, 0.15) is 33.6 Å². The number of nitrogens with one attached hydrogen (secondary N) is 1. The van der Waals surface area contributed by atoms with E-state index in [4.69, 9.17) is 0 Å². The molecule has 0 bridgehead atoms. The molecule has 1 fully saturated rings. The molecular formula is C13H29N3. The van der Waals surface area contributed by atoms with Crippen LogP contribution in [0.4, 0.5) is 0 Å². The van der Waals surface area contributed by atoms with Gasteiger partial charge in [-0.3, -0.25) is 4.90 Å². The fraction of sp³-hybridized carbons (Fsp3) is 1.00. The lowest BCUT2D eigenvalue weighted by Crippen LogP contribution is -2.50. The minimum absolute atomic E-state index is 0.616. The van der Waals surface area contributed by atoms with Crippen molar-refractivity contribution in [2.24, 2.45) is 0 Å². The van der Waals surface area contributed by atoms with Gasteiger partial charge in [0.2, 0.25) is 0 Å². The second-order valence-electron chi connectivity index (χ2n) is 5.36. The van der Waals surface area contributed by atoms with Crippen molar-refractivity contribution < 1.29 is 0 Å². The molecule has 0 amide bonds. The summed E-state index contributed by atoms with van der Waals surface area (Å²) >= 11 is 0. The summed E-state index contributed by atoms with van der Waals surface area (Å²) in [7, 11) is 2.21. The van der Waals surface area contributed by atoms with Crippen LogP contribution in [0.15, 0.2) is 0 Å². The Morgan fingerprint density at radius 3 is 2.25 bits per heavy atom. The monoisotopic (exact) mass is 227 g/mol. The van der Waals surface area contributed by atoms with Crippen LogP contribution in [0.3, 0.4) is 0 Å². The number of nitrogens with zero attached hydrogens (tertiary/aromatic N) is 2. The van der Waals surface area contributed by atoms with E-state index < -0.39 is 0 Å². The molecule has 0 saturated carbocycles. The van der Waals surface area contributed by atoms with Gasteiger partial charge in [0.25, 0.3) is 0 Å². The largest absolute Gasteiger partial charge is 0.311 e. The van der Waals surface area contributed by atoms with Crippen LogP contribution in [-0.2, 0) is 0 Å². The third-order valence-corrected chi connectivity index (χ3v) is 3.42. The van der Waals surface area contributed by atoms with Gasteiger partial charge >= 0.3 is 0 Å². The lowest BCUT2D eigenvalue weighted by atomic mass is 10.1.